The molecule has 0 aromatic heterocycles. The van der Waals surface area contributed by atoms with E-state index in [0.717, 1.165) is 38.2 Å². The molecule has 0 bridgehead atoms. The second-order valence-electron chi connectivity index (χ2n) is 18.8. The number of rotatable bonds is 23. The Balaban J connectivity index is 2.36. The third-order valence-electron chi connectivity index (χ3n) is 12.4. The normalized spacial score (nSPS) is 13.9. The summed E-state index contributed by atoms with van der Waals surface area (Å²) in [5.41, 5.74) is 13.5. The monoisotopic (exact) mass is 821 g/mol. The van der Waals surface area contributed by atoms with Crippen LogP contribution < -0.4 is 11.5 Å². The zero-order valence-electron chi connectivity index (χ0n) is 37.8. The van der Waals surface area contributed by atoms with Crippen LogP contribution in [0, 0.1) is 21.7 Å². The summed E-state index contributed by atoms with van der Waals surface area (Å²) >= 11 is 0. The summed E-state index contributed by atoms with van der Waals surface area (Å²) in [6.07, 6.45) is 8.04. The zero-order chi connectivity index (χ0) is 45.4. The van der Waals surface area contributed by atoms with E-state index in [-0.39, 0.29) is 11.4 Å². The number of hydrogen-bond donors (Lipinski definition) is 6. The molecule has 3 aromatic rings. The number of nitrogens with zero attached hydrogens (tertiary/aromatic N) is 2. The largest absolute Gasteiger partial charge is 0.488 e. The van der Waals surface area contributed by atoms with Gasteiger partial charge in [-0.15, -0.1) is 0 Å². The molecule has 0 aliphatic rings. The van der Waals surface area contributed by atoms with Crippen molar-refractivity contribution in [2.24, 2.45) is 33.1 Å². The van der Waals surface area contributed by atoms with Crippen molar-refractivity contribution in [3.8, 4) is 0 Å². The van der Waals surface area contributed by atoms with Crippen LogP contribution in [0.15, 0.2) is 108 Å². The van der Waals surface area contributed by atoms with Gasteiger partial charge in [-0.2, -0.15) is 0 Å². The van der Waals surface area contributed by atoms with Crippen molar-refractivity contribution in [1.29, 1.82) is 0 Å². The van der Waals surface area contributed by atoms with Gasteiger partial charge >= 0.3 is 14.2 Å². The minimum absolute atomic E-state index is 0.268. The van der Waals surface area contributed by atoms with Crippen molar-refractivity contribution in [1.82, 2.24) is 9.80 Å². The van der Waals surface area contributed by atoms with Crippen LogP contribution in [0.25, 0.3) is 21.5 Å². The molecule has 2 amide bonds. The second kappa shape index (κ2) is 20.5. The molecule has 0 fully saturated rings. The van der Waals surface area contributed by atoms with Crippen LogP contribution in [0.3, 0.4) is 0 Å². The predicted molar refractivity (Wildman–Crippen MR) is 250 cm³/mol. The maximum Gasteiger partial charge on any atom is 0.488 e. The molecule has 0 spiro atoms. The first-order valence-corrected chi connectivity index (χ1v) is 20.9. The molecule has 0 aliphatic heterocycles. The van der Waals surface area contributed by atoms with Gasteiger partial charge in [-0.25, -0.2) is 0 Å². The molecule has 0 radical (unpaired) electrons. The first-order chi connectivity index (χ1) is 27.9. The highest BCUT2D eigenvalue weighted by atomic mass is 16.4. The lowest BCUT2D eigenvalue weighted by Gasteiger charge is -2.43. The van der Waals surface area contributed by atoms with E-state index >= 15 is 0 Å². The fourth-order valence-electron chi connectivity index (χ4n) is 8.65. The molecule has 0 saturated carbocycles. The highest BCUT2D eigenvalue weighted by Crippen LogP contribution is 2.42. The number of primary amides is 2. The molecule has 8 N–H and O–H groups in total. The Morgan fingerprint density at radius 2 is 1.18 bits per heavy atom. The number of carbonyl (C=O) groups excluding carboxylic acids is 2. The molecule has 60 heavy (non-hydrogen) atoms. The van der Waals surface area contributed by atoms with Crippen LogP contribution >= 0.6 is 0 Å². The Bertz CT molecular complexity index is 2080. The van der Waals surface area contributed by atoms with E-state index in [1.54, 1.807) is 19.1 Å². The molecular weight excluding hydrogens is 750 g/mol. The van der Waals surface area contributed by atoms with Gasteiger partial charge in [0.1, 0.15) is 0 Å². The fraction of sp³-hybridized carbons (Fsp3) is 0.458. The molecule has 0 unspecified atom stereocenters. The lowest BCUT2D eigenvalue weighted by molar-refractivity contribution is -0.133. The van der Waals surface area contributed by atoms with Crippen LogP contribution in [0.2, 0.25) is 0 Å². The quantitative estimate of drug-likeness (QED) is 0.0336. The second-order valence-corrected chi connectivity index (χ2v) is 18.8. The smallest absolute Gasteiger partial charge is 0.423 e. The van der Waals surface area contributed by atoms with Gasteiger partial charge in [0.25, 0.3) is 0 Å². The molecule has 324 valence electrons. The average molecular weight is 821 g/mol. The summed E-state index contributed by atoms with van der Waals surface area (Å²) in [7, 11) is -3.39. The number of fused-ring (bicyclic) bond motifs is 2. The number of benzene rings is 3. The van der Waals surface area contributed by atoms with E-state index in [2.05, 4.69) is 61.1 Å². The standard InChI is InChI=1S/C48H70B2N4O6/c1-13-21-34(42(16-4)50(59)60)27-54(32-47(9,10)48(11,12)44(52)56)29-40-37-24-19-17-22-35(37)39(36-23-18-20-25-38(36)40)28-53(26-33(14-2)41(15-3)49(57)58)31-45(5,6)30-46(7,8)43(51)55/h14-25,57-60H,2-3,13,26-32H2,1,4-12H3,(H2,51,55)(H2,52,56)/b34-21-,41-33-,42-16+. The zero-order valence-corrected chi connectivity index (χ0v) is 37.8. The predicted octanol–water partition coefficient (Wildman–Crippen LogP) is 7.04. The van der Waals surface area contributed by atoms with E-state index < -0.39 is 41.8 Å². The summed E-state index contributed by atoms with van der Waals surface area (Å²) in [6.45, 7) is 30.1. The lowest BCUT2D eigenvalue weighted by Crippen LogP contribution is -2.50. The number of allylic oxidation sites excluding steroid dienone is 4. The van der Waals surface area contributed by atoms with Gasteiger partial charge in [0.2, 0.25) is 11.8 Å². The van der Waals surface area contributed by atoms with Crippen molar-refractivity contribution in [3.63, 3.8) is 0 Å². The Hall–Kier alpha value is -4.29. The van der Waals surface area contributed by atoms with Gasteiger partial charge in [-0.05, 0) is 85.4 Å². The van der Waals surface area contributed by atoms with E-state index in [1.165, 1.54) is 6.08 Å². The van der Waals surface area contributed by atoms with Crippen LogP contribution in [0.4, 0.5) is 0 Å². The molecule has 0 saturated heterocycles. The van der Waals surface area contributed by atoms with E-state index in [4.69, 9.17) is 11.5 Å². The topological polar surface area (TPSA) is 174 Å². The Morgan fingerprint density at radius 1 is 0.717 bits per heavy atom. The van der Waals surface area contributed by atoms with Gasteiger partial charge in [0.05, 0.1) is 0 Å². The van der Waals surface area contributed by atoms with Crippen LogP contribution in [0.1, 0.15) is 93.2 Å². The van der Waals surface area contributed by atoms with Gasteiger partial charge in [0.15, 0.2) is 0 Å². The van der Waals surface area contributed by atoms with E-state index in [0.29, 0.717) is 63.2 Å². The fourth-order valence-corrected chi connectivity index (χ4v) is 8.65. The van der Waals surface area contributed by atoms with E-state index in [9.17, 15) is 29.7 Å². The summed E-state index contributed by atoms with van der Waals surface area (Å²) in [5, 5.41) is 45.6. The lowest BCUT2D eigenvalue weighted by atomic mass is 9.67. The van der Waals surface area contributed by atoms with Gasteiger partial charge in [0, 0.05) is 50.1 Å². The van der Waals surface area contributed by atoms with Gasteiger partial charge in [-0.1, -0.05) is 148 Å². The van der Waals surface area contributed by atoms with Crippen molar-refractivity contribution < 1.29 is 29.7 Å². The molecule has 3 rings (SSSR count). The molecule has 10 nitrogen and oxygen atoms in total. The summed E-state index contributed by atoms with van der Waals surface area (Å²) in [5.74, 6) is -0.771. The molecule has 12 heteroatoms. The van der Waals surface area contributed by atoms with Crippen LogP contribution in [0.5, 0.6) is 0 Å². The first-order valence-electron chi connectivity index (χ1n) is 20.9. The average Bonchev–Trinajstić information content (AvgIpc) is 3.14. The van der Waals surface area contributed by atoms with Crippen LogP contribution in [-0.2, 0) is 22.7 Å². The number of carbonyl (C=O) groups is 2. The molecular formula is C48H70B2N4O6. The Kier molecular flexibility index (Phi) is 17.1. The molecule has 3 aromatic carbocycles. The number of nitrogens with two attached hydrogens (primary N) is 2. The maximum absolute atomic E-state index is 12.9. The van der Waals surface area contributed by atoms with Crippen molar-refractivity contribution in [2.45, 2.75) is 95.2 Å². The highest BCUT2D eigenvalue weighted by Gasteiger charge is 2.43. The molecule has 0 atom stereocenters. The SMILES string of the molecule is C=C/C(CN(Cc1c2ccccc2c(CN(CC(=C/CC)/C(=C\C)B(O)O)CC(C)(C)C(C)(C)C(N)=O)c2ccccc12)CC(C)(C)CC(C)(C)C(N)=O)=C(\C=C)B(O)O. The van der Waals surface area contributed by atoms with Crippen LogP contribution in [-0.4, -0.2) is 82.1 Å². The van der Waals surface area contributed by atoms with Crippen molar-refractivity contribution in [2.75, 3.05) is 26.2 Å². The third-order valence-corrected chi connectivity index (χ3v) is 12.4. The van der Waals surface area contributed by atoms with Gasteiger partial charge < -0.3 is 31.6 Å². The maximum atomic E-state index is 12.9. The minimum Gasteiger partial charge on any atom is -0.423 e. The summed E-state index contributed by atoms with van der Waals surface area (Å²) < 4.78 is 0. The van der Waals surface area contributed by atoms with Gasteiger partial charge in [-0.3, -0.25) is 19.4 Å². The van der Waals surface area contributed by atoms with Crippen molar-refractivity contribution in [3.05, 3.63) is 119 Å². The number of amides is 2. The Morgan fingerprint density at radius 3 is 1.53 bits per heavy atom. The molecule has 0 heterocycles. The van der Waals surface area contributed by atoms with E-state index in [1.807, 2.05) is 78.8 Å². The summed E-state index contributed by atoms with van der Waals surface area (Å²) in [6, 6.07) is 16.6. The molecule has 0 aliphatic carbocycles. The van der Waals surface area contributed by atoms with Crippen molar-refractivity contribution >= 4 is 47.6 Å². The number of hydrogen-bond acceptors (Lipinski definition) is 8. The highest BCUT2D eigenvalue weighted by molar-refractivity contribution is 6.52. The summed E-state index contributed by atoms with van der Waals surface area (Å²) in [4.78, 5) is 29.9. The third kappa shape index (κ3) is 12.0. The minimum atomic E-state index is -1.74. The first kappa shape index (κ1) is 50.1. The Labute approximate surface area is 359 Å².